The second-order valence-corrected chi connectivity index (χ2v) is 6.21. The fraction of sp³-hybridized carbons (Fsp3) is 0.533. The lowest BCUT2D eigenvalue weighted by Gasteiger charge is -2.28. The molecule has 1 fully saturated rings. The lowest BCUT2D eigenvalue weighted by Crippen LogP contribution is -2.46. The van der Waals surface area contributed by atoms with Gasteiger partial charge in [0.2, 0.25) is 0 Å². The third kappa shape index (κ3) is 4.49. The minimum atomic E-state index is -0.112. The highest BCUT2D eigenvalue weighted by atomic mass is 79.9. The molecule has 2 N–H and O–H groups in total. The number of amides is 2. The molecule has 1 saturated heterocycles. The van der Waals surface area contributed by atoms with E-state index in [0.717, 1.165) is 22.9 Å². The third-order valence-corrected chi connectivity index (χ3v) is 4.07. The Balaban J connectivity index is 1.83. The van der Waals surface area contributed by atoms with Crippen molar-refractivity contribution < 1.29 is 9.53 Å². The van der Waals surface area contributed by atoms with Gasteiger partial charge < -0.3 is 15.4 Å². The number of benzene rings is 1. The number of hydrogen-bond acceptors (Lipinski definition) is 2. The molecule has 0 radical (unpaired) electrons. The number of halogens is 1. The van der Waals surface area contributed by atoms with Gasteiger partial charge in [0.05, 0.1) is 12.1 Å². The van der Waals surface area contributed by atoms with E-state index in [4.69, 9.17) is 4.74 Å². The van der Waals surface area contributed by atoms with E-state index in [1.165, 1.54) is 0 Å². The molecule has 20 heavy (non-hydrogen) atoms. The Labute approximate surface area is 128 Å². The molecule has 0 aromatic heterocycles. The maximum Gasteiger partial charge on any atom is 0.315 e. The van der Waals surface area contributed by atoms with Crippen LogP contribution in [0.3, 0.4) is 0 Å². The van der Waals surface area contributed by atoms with Gasteiger partial charge in [0, 0.05) is 17.1 Å². The number of ether oxygens (including phenoxy) is 1. The van der Waals surface area contributed by atoms with Gasteiger partial charge in [-0.2, -0.15) is 0 Å². The molecule has 0 unspecified atom stereocenters. The third-order valence-electron chi connectivity index (χ3n) is 3.54. The van der Waals surface area contributed by atoms with E-state index in [1.54, 1.807) is 0 Å². The molecule has 110 valence electrons. The average Bonchev–Trinajstić information content (AvgIpc) is 2.39. The molecular weight excluding hydrogens is 320 g/mol. The SMILES string of the molecule is C[C@@H]1C[C@@H](NC(=O)N[C@H](C)c2ccc(Br)cc2)CCO1. The molecule has 1 heterocycles. The van der Waals surface area contributed by atoms with Crippen molar-refractivity contribution in [2.75, 3.05) is 6.61 Å². The zero-order valence-electron chi connectivity index (χ0n) is 11.9. The highest BCUT2D eigenvalue weighted by Gasteiger charge is 2.21. The van der Waals surface area contributed by atoms with E-state index in [-0.39, 0.29) is 24.2 Å². The van der Waals surface area contributed by atoms with E-state index in [2.05, 4.69) is 26.6 Å². The Bertz CT molecular complexity index is 450. The molecule has 1 aromatic carbocycles. The highest BCUT2D eigenvalue weighted by molar-refractivity contribution is 9.10. The second kappa shape index (κ2) is 7.09. The smallest absolute Gasteiger partial charge is 0.315 e. The Hall–Kier alpha value is -1.07. The predicted molar refractivity (Wildman–Crippen MR) is 82.7 cm³/mol. The van der Waals surface area contributed by atoms with E-state index < -0.39 is 0 Å². The fourth-order valence-electron chi connectivity index (χ4n) is 2.39. The first-order chi connectivity index (χ1) is 9.54. The van der Waals surface area contributed by atoms with Crippen molar-refractivity contribution in [3.8, 4) is 0 Å². The first-order valence-corrected chi connectivity index (χ1v) is 7.78. The molecule has 5 heteroatoms. The summed E-state index contributed by atoms with van der Waals surface area (Å²) in [4.78, 5) is 12.0. The minimum Gasteiger partial charge on any atom is -0.378 e. The number of carbonyl (C=O) groups excluding carboxylic acids is 1. The van der Waals surface area contributed by atoms with Crippen LogP contribution < -0.4 is 10.6 Å². The van der Waals surface area contributed by atoms with Crippen molar-refractivity contribution >= 4 is 22.0 Å². The number of urea groups is 1. The van der Waals surface area contributed by atoms with Crippen LogP contribution in [0.5, 0.6) is 0 Å². The first-order valence-electron chi connectivity index (χ1n) is 6.98. The highest BCUT2D eigenvalue weighted by Crippen LogP contribution is 2.17. The van der Waals surface area contributed by atoms with Crippen LogP contribution in [0.25, 0.3) is 0 Å². The van der Waals surface area contributed by atoms with Gasteiger partial charge in [0.15, 0.2) is 0 Å². The maximum atomic E-state index is 12.0. The van der Waals surface area contributed by atoms with E-state index in [9.17, 15) is 4.79 Å². The summed E-state index contributed by atoms with van der Waals surface area (Å²) >= 11 is 3.41. The Morgan fingerprint density at radius 1 is 1.40 bits per heavy atom. The van der Waals surface area contributed by atoms with Crippen molar-refractivity contribution in [1.29, 1.82) is 0 Å². The zero-order chi connectivity index (χ0) is 14.5. The van der Waals surface area contributed by atoms with Crippen LogP contribution in [-0.2, 0) is 4.74 Å². The molecule has 1 aromatic rings. The monoisotopic (exact) mass is 340 g/mol. The molecule has 0 spiro atoms. The van der Waals surface area contributed by atoms with Crippen LogP contribution in [-0.4, -0.2) is 24.8 Å². The molecule has 1 aliphatic heterocycles. The first kappa shape index (κ1) is 15.3. The van der Waals surface area contributed by atoms with Crippen molar-refractivity contribution in [1.82, 2.24) is 10.6 Å². The molecule has 2 rings (SSSR count). The largest absolute Gasteiger partial charge is 0.378 e. The van der Waals surface area contributed by atoms with Gasteiger partial charge in [0.1, 0.15) is 0 Å². The van der Waals surface area contributed by atoms with Crippen molar-refractivity contribution in [2.24, 2.45) is 0 Å². The number of nitrogens with one attached hydrogen (secondary N) is 2. The molecule has 0 saturated carbocycles. The summed E-state index contributed by atoms with van der Waals surface area (Å²) in [6.07, 6.45) is 1.97. The van der Waals surface area contributed by atoms with Crippen LogP contribution >= 0.6 is 15.9 Å². The lowest BCUT2D eigenvalue weighted by atomic mass is 10.0. The summed E-state index contributed by atoms with van der Waals surface area (Å²) in [5.41, 5.74) is 1.09. The van der Waals surface area contributed by atoms with Gasteiger partial charge in [0.25, 0.3) is 0 Å². The Morgan fingerprint density at radius 2 is 2.10 bits per heavy atom. The quantitative estimate of drug-likeness (QED) is 0.886. The Kier molecular flexibility index (Phi) is 5.43. The van der Waals surface area contributed by atoms with Crippen molar-refractivity contribution in [3.05, 3.63) is 34.3 Å². The van der Waals surface area contributed by atoms with Gasteiger partial charge >= 0.3 is 6.03 Å². The Morgan fingerprint density at radius 3 is 2.75 bits per heavy atom. The summed E-state index contributed by atoms with van der Waals surface area (Å²) in [6.45, 7) is 4.74. The summed E-state index contributed by atoms with van der Waals surface area (Å²) in [5, 5.41) is 5.99. The van der Waals surface area contributed by atoms with Gasteiger partial charge in [-0.1, -0.05) is 28.1 Å². The standard InChI is InChI=1S/C15H21BrN2O2/c1-10-9-14(7-8-20-10)18-15(19)17-11(2)12-3-5-13(16)6-4-12/h3-6,10-11,14H,7-9H2,1-2H3,(H2,17,18,19)/t10-,11-,14+/m1/s1. The normalized spacial score (nSPS) is 23.9. The summed E-state index contributed by atoms with van der Waals surface area (Å²) in [7, 11) is 0. The van der Waals surface area contributed by atoms with Crippen LogP contribution in [0.2, 0.25) is 0 Å². The lowest BCUT2D eigenvalue weighted by molar-refractivity contribution is 0.0153. The molecule has 3 atom stereocenters. The molecular formula is C15H21BrN2O2. The molecule has 0 aliphatic carbocycles. The van der Waals surface area contributed by atoms with Crippen LogP contribution in [0, 0.1) is 0 Å². The average molecular weight is 341 g/mol. The van der Waals surface area contributed by atoms with Gasteiger partial charge in [-0.15, -0.1) is 0 Å². The predicted octanol–water partition coefficient (Wildman–Crippen LogP) is 3.38. The number of rotatable bonds is 3. The van der Waals surface area contributed by atoms with Crippen LogP contribution in [0.15, 0.2) is 28.7 Å². The van der Waals surface area contributed by atoms with Gasteiger partial charge in [-0.05, 0) is 44.4 Å². The van der Waals surface area contributed by atoms with E-state index >= 15 is 0 Å². The summed E-state index contributed by atoms with van der Waals surface area (Å²) in [6, 6.07) is 8.05. The molecule has 4 nitrogen and oxygen atoms in total. The van der Waals surface area contributed by atoms with Crippen molar-refractivity contribution in [3.63, 3.8) is 0 Å². The molecule has 2 amide bonds. The zero-order valence-corrected chi connectivity index (χ0v) is 13.4. The van der Waals surface area contributed by atoms with E-state index in [1.807, 2.05) is 38.1 Å². The molecule has 1 aliphatic rings. The second-order valence-electron chi connectivity index (χ2n) is 5.29. The van der Waals surface area contributed by atoms with E-state index in [0.29, 0.717) is 6.61 Å². The van der Waals surface area contributed by atoms with Gasteiger partial charge in [-0.3, -0.25) is 0 Å². The maximum absolute atomic E-state index is 12.0. The van der Waals surface area contributed by atoms with Crippen molar-refractivity contribution in [2.45, 2.75) is 44.9 Å². The minimum absolute atomic E-state index is 0.0136. The van der Waals surface area contributed by atoms with Gasteiger partial charge in [-0.25, -0.2) is 4.79 Å². The van der Waals surface area contributed by atoms with Crippen LogP contribution in [0.4, 0.5) is 4.79 Å². The summed E-state index contributed by atoms with van der Waals surface area (Å²) < 4.78 is 6.51. The number of hydrogen-bond donors (Lipinski definition) is 2. The molecule has 0 bridgehead atoms. The summed E-state index contributed by atoms with van der Waals surface area (Å²) in [5.74, 6) is 0. The fourth-order valence-corrected chi connectivity index (χ4v) is 2.65. The van der Waals surface area contributed by atoms with Crippen LogP contribution in [0.1, 0.15) is 38.3 Å². The number of carbonyl (C=O) groups is 1. The topological polar surface area (TPSA) is 50.4 Å².